The second kappa shape index (κ2) is 67.2. The number of hydrogen-bond acceptors (Lipinski definition) is 19. The molecule has 0 radical (unpaired) electrons. The predicted octanol–water partition coefficient (Wildman–Crippen LogP) is 6.31. The second-order valence-corrected chi connectivity index (χ2v) is 20.7. The summed E-state index contributed by atoms with van der Waals surface area (Å²) in [6.07, 6.45) is 12.8. The van der Waals surface area contributed by atoms with E-state index in [1.54, 1.807) is 78.8 Å². The van der Waals surface area contributed by atoms with Crippen molar-refractivity contribution in [3.63, 3.8) is 0 Å². The van der Waals surface area contributed by atoms with Gasteiger partial charge in [-0.1, -0.05) is 67.8 Å². The smallest absolute Gasteiger partial charge is 1.00 e. The van der Waals surface area contributed by atoms with Crippen molar-refractivity contribution in [3.05, 3.63) is 155 Å². The number of halogens is 4. The molecule has 0 spiro atoms. The van der Waals surface area contributed by atoms with Gasteiger partial charge in [0, 0.05) is 144 Å². The number of aromatic nitrogens is 5. The van der Waals surface area contributed by atoms with Crippen LogP contribution < -0.4 is 91.6 Å². The van der Waals surface area contributed by atoms with Crippen molar-refractivity contribution in [2.24, 2.45) is 5.11 Å². The number of fused-ring (bicyclic) bond motifs is 2. The van der Waals surface area contributed by atoms with Crippen molar-refractivity contribution < 1.29 is 169 Å². The summed E-state index contributed by atoms with van der Waals surface area (Å²) in [4.78, 5) is 131. The molecule has 7 heterocycles. The third-order valence-electron chi connectivity index (χ3n) is 11.3. The van der Waals surface area contributed by atoms with Crippen molar-refractivity contribution in [2.45, 2.75) is 117 Å². The topological polar surface area (TPSA) is 415 Å². The molecule has 554 valence electrons. The summed E-state index contributed by atoms with van der Waals surface area (Å²) in [5, 5.41) is 12.2. The number of Topliss-reactive ketones (excluding diaryl/α,β-unsaturated/α-hetero) is 4. The number of ether oxygens (including phenoxy) is 6. The Balaban J connectivity index is -0.000000170. The first kappa shape index (κ1) is 106. The molecule has 0 saturated carbocycles. The number of esters is 6. The molecule has 5 aromatic heterocycles. The number of terminal acetylenes is 1. The minimum atomic E-state index is -1.00. The average Bonchev–Trinajstić information content (AvgIpc) is 1.68. The van der Waals surface area contributed by atoms with Gasteiger partial charge in [0.25, 0.3) is 12.5 Å². The van der Waals surface area contributed by atoms with E-state index in [2.05, 4.69) is 94.0 Å². The molecule has 0 unspecified atom stereocenters. The molecule has 0 saturated heterocycles. The Morgan fingerprint density at radius 3 is 1.39 bits per heavy atom. The van der Waals surface area contributed by atoms with Crippen LogP contribution in [-0.4, -0.2) is 177 Å². The Hall–Kier alpha value is -6.99. The summed E-state index contributed by atoms with van der Waals surface area (Å²) in [7, 11) is -1.00. The van der Waals surface area contributed by atoms with Gasteiger partial charge in [-0.15, -0.1) is 6.42 Å². The Kier molecular flexibility index (Phi) is 69.8. The first-order valence-electron chi connectivity index (χ1n) is 30.2. The fourth-order valence-electron chi connectivity index (χ4n) is 7.39. The van der Waals surface area contributed by atoms with Crippen molar-refractivity contribution >= 4 is 113 Å². The summed E-state index contributed by atoms with van der Waals surface area (Å²) in [6.45, 7) is 29.6. The molecule has 0 atom stereocenters. The number of carbonyl (C=O) groups is 11. The molecule has 37 heteroatoms. The van der Waals surface area contributed by atoms with Crippen LogP contribution in [0.1, 0.15) is 186 Å². The summed E-state index contributed by atoms with van der Waals surface area (Å²) < 4.78 is 51.3. The quantitative estimate of drug-likeness (QED) is 0.00619. The second-order valence-electron chi connectivity index (χ2n) is 18.3. The maximum absolute atomic E-state index is 11.5. The molecule has 102 heavy (non-hydrogen) atoms. The average molecular weight is 1660 g/mol. The van der Waals surface area contributed by atoms with E-state index in [1.165, 1.54) is 57.1 Å². The Bertz CT molecular complexity index is 3540. The van der Waals surface area contributed by atoms with Gasteiger partial charge in [0.05, 0.1) is 93.1 Å². The van der Waals surface area contributed by atoms with Gasteiger partial charge >= 0.3 is 117 Å². The zero-order valence-corrected chi connectivity index (χ0v) is 68.0. The number of aryl methyl sites for hydroxylation is 1. The third kappa shape index (κ3) is 45.9. The van der Waals surface area contributed by atoms with Crippen LogP contribution in [0.5, 0.6) is 0 Å². The third-order valence-corrected chi connectivity index (χ3v) is 13.5. The normalized spacial score (nSPS) is 10.1. The van der Waals surface area contributed by atoms with Gasteiger partial charge in [-0.3, -0.25) is 33.3 Å². The number of hydrogen-bond donors (Lipinski definition) is 3. The van der Waals surface area contributed by atoms with Crippen LogP contribution in [-0.2, 0) is 70.7 Å². The molecule has 3 N–H and O–H groups in total. The van der Waals surface area contributed by atoms with Crippen molar-refractivity contribution in [2.75, 3.05) is 89.0 Å². The summed E-state index contributed by atoms with van der Waals surface area (Å²) >= 11 is 9.70. The molecular formula is C65H92Br3FKN14NaO17. The molecule has 0 aromatic carbocycles. The van der Waals surface area contributed by atoms with E-state index in [-0.39, 0.29) is 158 Å². The minimum absolute atomic E-state index is 0. The van der Waals surface area contributed by atoms with Crippen LogP contribution >= 0.6 is 47.8 Å². The zero-order chi connectivity index (χ0) is 75.8. The first-order valence-corrected chi connectivity index (χ1v) is 32.9. The Morgan fingerprint density at radius 2 is 1.06 bits per heavy atom. The van der Waals surface area contributed by atoms with Crippen LogP contribution in [0.15, 0.2) is 66.4 Å². The molecule has 0 aliphatic carbocycles. The number of nitrogens with one attached hydrogen (secondary N) is 3. The van der Waals surface area contributed by atoms with Gasteiger partial charge in [0.15, 0.2) is 17.3 Å². The molecule has 31 nitrogen and oxygen atoms in total. The maximum atomic E-state index is 11.5. The Labute approximate surface area is 687 Å². The van der Waals surface area contributed by atoms with Crippen LogP contribution in [0.25, 0.3) is 31.3 Å². The number of amides is 1. The maximum Gasteiger partial charge on any atom is 1.00 e. The van der Waals surface area contributed by atoms with Crippen LogP contribution in [0, 0.1) is 18.9 Å². The van der Waals surface area contributed by atoms with Crippen LogP contribution in [0.2, 0.25) is 0 Å². The fraction of sp³-hybridized carbons (Fsp3) is 0.477. The van der Waals surface area contributed by atoms with E-state index in [9.17, 15) is 57.1 Å². The van der Waals surface area contributed by atoms with Gasteiger partial charge in [-0.2, -0.15) is 0 Å². The standard InChI is InChI=1S/C11H14BrNO3.C11H14N4O3.C10H12N2O3.C10H14N2O2.C9H11NO3.C5H6O2.C4H5NO.C2H4Br2.CH3F.2CH4.K.N3.Na.H/c1-3-16-11(15)9-6-10(8(2)14)13(7-9)5-4-12;1-3-18-11(17)9-6-10(8(2)16)15(7-9)5-4-13-14-12;1-2-15-10(14)7-5-8-9(13)11-3-4-12(8)6-7;1-2-14-10(13)8-5-9-6-11-3-4-12(9)7-8;1-3-13-9(12)7-4-8(6(2)11)10-5-7;1-3-5(6)7-4-2;1-4(6)3-5-2;3-1-2-4;1-2;;;;1-3-2;;/h6-7H,3-5H2,1-2H3;6-7H,3-5H2,1-2H3;5-6H,2-4H2,1H3,(H,11,13);5,7,11H,2-4,6H2,1H3;4-5,10H,3H2,1-2H3;1H,4H2,2H3;3H2,1H3;1-2H2;1H3;2*1H4;;;;/q;;;;;;;;;;;+1;-1;+1;-1/i;;;;;;;;1D;;;;;;. The van der Waals surface area contributed by atoms with Crippen LogP contribution in [0.4, 0.5) is 4.39 Å². The number of nitrogens with zero attached hydrogens (tertiary/aromatic N) is 11. The Morgan fingerprint density at radius 1 is 0.647 bits per heavy atom. The van der Waals surface area contributed by atoms with E-state index in [0.717, 1.165) is 41.3 Å². The van der Waals surface area contributed by atoms with Crippen molar-refractivity contribution in [1.82, 2.24) is 33.9 Å². The van der Waals surface area contributed by atoms with E-state index in [4.69, 9.17) is 48.2 Å². The van der Waals surface area contributed by atoms with Crippen molar-refractivity contribution in [3.8, 4) is 12.3 Å². The van der Waals surface area contributed by atoms with E-state index >= 15 is 0 Å². The van der Waals surface area contributed by atoms with Crippen LogP contribution in [0.3, 0.4) is 0 Å². The molecule has 2 aliphatic rings. The van der Waals surface area contributed by atoms with Gasteiger partial charge in [0.2, 0.25) is 5.78 Å². The number of H-pyrrole nitrogens is 1. The molecule has 0 fully saturated rings. The minimum Gasteiger partial charge on any atom is -1.00 e. The number of carbonyl (C=O) groups excluding carboxylic acids is 11. The van der Waals surface area contributed by atoms with E-state index in [0.29, 0.717) is 110 Å². The molecule has 7 rings (SSSR count). The zero-order valence-electron chi connectivity index (χ0n) is 60.2. The summed E-state index contributed by atoms with van der Waals surface area (Å²) in [5.74, 6) is -1.20. The van der Waals surface area contributed by atoms with Gasteiger partial charge in [0.1, 0.15) is 5.69 Å². The molecule has 1 amide bonds. The molecule has 0 bridgehead atoms. The first-order chi connectivity index (χ1) is 47.2. The fourth-order valence-corrected chi connectivity index (χ4v) is 7.77. The SMILES string of the molecule is BrCCBr.C.C.C#CC(=O)OCC.CCOC(=O)c1c[nH]c(C(C)=O)c1.CCOC(=O)c1cc(C(C)=O)n(CCBr)c1.CCOC(=O)c1cc(C(C)=O)n(CCN=[N+]=[N-])c1.CCOC(=O)c1cc2n(c1)CCNC2.CCOC(=O)c1cc2n(c1)CCNC2=O.[2H]CF.[C-]#[N+]CC(C)=O.[H-].[K+].[N-]=[N+]=[N-].[Na+]. The predicted molar refractivity (Wildman–Crippen MR) is 387 cm³/mol. The number of rotatable bonds is 21. The van der Waals surface area contributed by atoms with E-state index in [1.807, 2.05) is 19.2 Å². The summed E-state index contributed by atoms with van der Waals surface area (Å²) in [5.41, 5.74) is 26.9. The van der Waals surface area contributed by atoms with Gasteiger partial charge < -0.3 is 79.6 Å². The van der Waals surface area contributed by atoms with Gasteiger partial charge in [-0.05, 0) is 77.4 Å². The molecular weight excluding hydrogens is 1570 g/mol. The largest absolute Gasteiger partial charge is 1.00 e. The van der Waals surface area contributed by atoms with Crippen molar-refractivity contribution in [1.29, 1.82) is 0 Å². The monoisotopic (exact) mass is 1660 g/mol. The number of ketones is 4. The molecule has 5 aromatic rings. The molecule has 2 aliphatic heterocycles. The summed E-state index contributed by atoms with van der Waals surface area (Å²) in [6, 6.07) is 8.00. The van der Waals surface area contributed by atoms with E-state index < -0.39 is 31.0 Å². The van der Waals surface area contributed by atoms with Gasteiger partial charge in [-0.25, -0.2) is 35.3 Å². The number of azide groups is 1. The number of aromatic amines is 1. The number of alkyl halides is 4.